The highest BCUT2D eigenvalue weighted by molar-refractivity contribution is 7.89. The molecule has 2 unspecified atom stereocenters. The van der Waals surface area contributed by atoms with Crippen LogP contribution in [0, 0.1) is 12.7 Å². The standard InChI is InChI=1S/C14H21FN2O2S/c1-10-7-12(15)9-13(8-10)20(18,19)17-6-4-3-5-14(17)11(2)16/h7-9,11,14H,3-6,16H2,1-2H3. The molecule has 1 aliphatic rings. The van der Waals surface area contributed by atoms with E-state index in [4.69, 9.17) is 5.73 Å². The molecule has 6 heteroatoms. The topological polar surface area (TPSA) is 63.4 Å². The molecule has 4 nitrogen and oxygen atoms in total. The van der Waals surface area contributed by atoms with Crippen molar-refractivity contribution in [3.8, 4) is 0 Å². The van der Waals surface area contributed by atoms with Crippen LogP contribution in [0.2, 0.25) is 0 Å². The third-order valence-electron chi connectivity index (χ3n) is 3.73. The van der Waals surface area contributed by atoms with Crippen molar-refractivity contribution in [2.45, 2.75) is 50.1 Å². The Bertz CT molecular complexity index is 567. The minimum absolute atomic E-state index is 0.0163. The fourth-order valence-electron chi connectivity index (χ4n) is 2.74. The predicted molar refractivity (Wildman–Crippen MR) is 76.3 cm³/mol. The van der Waals surface area contributed by atoms with Gasteiger partial charge in [0.25, 0.3) is 0 Å². The number of hydrogen-bond donors (Lipinski definition) is 1. The largest absolute Gasteiger partial charge is 0.326 e. The monoisotopic (exact) mass is 300 g/mol. The molecule has 0 aliphatic carbocycles. The van der Waals surface area contributed by atoms with Crippen LogP contribution in [-0.2, 0) is 10.0 Å². The minimum atomic E-state index is -3.69. The van der Waals surface area contributed by atoms with E-state index in [0.717, 1.165) is 25.3 Å². The SMILES string of the molecule is Cc1cc(F)cc(S(=O)(=O)N2CCCCC2C(C)N)c1. The third-order valence-corrected chi connectivity index (χ3v) is 5.63. The molecule has 0 amide bonds. The predicted octanol–water partition coefficient (Wildman–Crippen LogP) is 2.02. The number of nitrogens with zero attached hydrogens (tertiary/aromatic N) is 1. The van der Waals surface area contributed by atoms with E-state index in [1.807, 2.05) is 6.92 Å². The molecule has 0 aromatic heterocycles. The number of piperidine rings is 1. The van der Waals surface area contributed by atoms with E-state index in [1.165, 1.54) is 16.4 Å². The average molecular weight is 300 g/mol. The van der Waals surface area contributed by atoms with Crippen LogP contribution in [0.4, 0.5) is 4.39 Å². The summed E-state index contributed by atoms with van der Waals surface area (Å²) < 4.78 is 40.3. The average Bonchev–Trinajstić information content (AvgIpc) is 2.37. The Kier molecular flexibility index (Phi) is 4.46. The first-order chi connectivity index (χ1) is 9.32. The second kappa shape index (κ2) is 5.79. The van der Waals surface area contributed by atoms with Gasteiger partial charge in [-0.3, -0.25) is 0 Å². The molecule has 0 spiro atoms. The first kappa shape index (κ1) is 15.4. The summed E-state index contributed by atoms with van der Waals surface area (Å²) >= 11 is 0. The number of hydrogen-bond acceptors (Lipinski definition) is 3. The maximum atomic E-state index is 13.5. The van der Waals surface area contributed by atoms with Crippen LogP contribution in [0.25, 0.3) is 0 Å². The lowest BCUT2D eigenvalue weighted by Gasteiger charge is -2.36. The van der Waals surface area contributed by atoms with E-state index < -0.39 is 15.8 Å². The van der Waals surface area contributed by atoms with Crippen LogP contribution in [0.3, 0.4) is 0 Å². The molecule has 2 atom stereocenters. The Balaban J connectivity index is 2.42. The molecule has 2 N–H and O–H groups in total. The molecular weight excluding hydrogens is 279 g/mol. The summed E-state index contributed by atoms with van der Waals surface area (Å²) in [5, 5.41) is 0. The van der Waals surface area contributed by atoms with Crippen molar-refractivity contribution in [3.05, 3.63) is 29.6 Å². The molecule has 1 heterocycles. The molecular formula is C14H21FN2O2S. The van der Waals surface area contributed by atoms with E-state index in [2.05, 4.69) is 0 Å². The van der Waals surface area contributed by atoms with Gasteiger partial charge >= 0.3 is 0 Å². The number of rotatable bonds is 3. The van der Waals surface area contributed by atoms with Crippen molar-refractivity contribution in [2.24, 2.45) is 5.73 Å². The summed E-state index contributed by atoms with van der Waals surface area (Å²) in [5.74, 6) is -0.530. The van der Waals surface area contributed by atoms with Crippen molar-refractivity contribution in [1.82, 2.24) is 4.31 Å². The van der Waals surface area contributed by atoms with Gasteiger partial charge in [0.15, 0.2) is 0 Å². The van der Waals surface area contributed by atoms with E-state index >= 15 is 0 Å². The Morgan fingerprint density at radius 2 is 2.05 bits per heavy atom. The lowest BCUT2D eigenvalue weighted by atomic mass is 10.00. The molecule has 0 bridgehead atoms. The molecule has 2 rings (SSSR count). The molecule has 0 radical (unpaired) electrons. The Labute approximate surface area is 119 Å². The van der Waals surface area contributed by atoms with Gasteiger partial charge < -0.3 is 5.73 Å². The van der Waals surface area contributed by atoms with Crippen molar-refractivity contribution < 1.29 is 12.8 Å². The van der Waals surface area contributed by atoms with Crippen molar-refractivity contribution in [2.75, 3.05) is 6.54 Å². The summed E-state index contributed by atoms with van der Waals surface area (Å²) in [7, 11) is -3.69. The highest BCUT2D eigenvalue weighted by Crippen LogP contribution is 2.27. The van der Waals surface area contributed by atoms with Crippen LogP contribution in [0.15, 0.2) is 23.1 Å². The molecule has 112 valence electrons. The Hall–Kier alpha value is -0.980. The van der Waals surface area contributed by atoms with Gasteiger partial charge in [0.1, 0.15) is 5.82 Å². The van der Waals surface area contributed by atoms with Crippen LogP contribution >= 0.6 is 0 Å². The van der Waals surface area contributed by atoms with Gasteiger partial charge in [0, 0.05) is 18.6 Å². The fourth-order valence-corrected chi connectivity index (χ4v) is 4.63. The maximum Gasteiger partial charge on any atom is 0.243 e. The first-order valence-electron chi connectivity index (χ1n) is 6.87. The zero-order valence-electron chi connectivity index (χ0n) is 11.8. The van der Waals surface area contributed by atoms with Crippen LogP contribution in [-0.4, -0.2) is 31.4 Å². The summed E-state index contributed by atoms with van der Waals surface area (Å²) in [6, 6.07) is 3.45. The normalized spacial score (nSPS) is 22.7. The van der Waals surface area contributed by atoms with Crippen LogP contribution in [0.5, 0.6) is 0 Å². The second-order valence-corrected chi connectivity index (χ2v) is 7.39. The molecule has 0 saturated carbocycles. The third kappa shape index (κ3) is 3.02. The molecule has 1 aliphatic heterocycles. The number of halogens is 1. The molecule has 1 fully saturated rings. The number of benzene rings is 1. The molecule has 1 saturated heterocycles. The van der Waals surface area contributed by atoms with E-state index in [0.29, 0.717) is 12.1 Å². The first-order valence-corrected chi connectivity index (χ1v) is 8.31. The maximum absolute atomic E-state index is 13.5. The summed E-state index contributed by atoms with van der Waals surface area (Å²) in [6.07, 6.45) is 2.54. The molecule has 1 aromatic rings. The van der Waals surface area contributed by atoms with Gasteiger partial charge in [-0.1, -0.05) is 6.42 Å². The lowest BCUT2D eigenvalue weighted by molar-refractivity contribution is 0.227. The smallest absolute Gasteiger partial charge is 0.243 e. The van der Waals surface area contributed by atoms with E-state index in [-0.39, 0.29) is 17.0 Å². The van der Waals surface area contributed by atoms with Crippen LogP contribution in [0.1, 0.15) is 31.7 Å². The number of sulfonamides is 1. The second-order valence-electron chi connectivity index (χ2n) is 5.50. The van der Waals surface area contributed by atoms with Crippen LogP contribution < -0.4 is 5.73 Å². The van der Waals surface area contributed by atoms with Crippen molar-refractivity contribution in [3.63, 3.8) is 0 Å². The Morgan fingerprint density at radius 3 is 2.65 bits per heavy atom. The van der Waals surface area contributed by atoms with Gasteiger partial charge in [0.2, 0.25) is 10.0 Å². The quantitative estimate of drug-likeness (QED) is 0.929. The zero-order chi connectivity index (χ0) is 14.9. The zero-order valence-corrected chi connectivity index (χ0v) is 12.7. The number of nitrogens with two attached hydrogens (primary N) is 1. The summed E-state index contributed by atoms with van der Waals surface area (Å²) in [4.78, 5) is 0.0163. The Morgan fingerprint density at radius 1 is 1.35 bits per heavy atom. The van der Waals surface area contributed by atoms with Gasteiger partial charge in [-0.2, -0.15) is 4.31 Å². The summed E-state index contributed by atoms with van der Waals surface area (Å²) in [5.41, 5.74) is 6.51. The van der Waals surface area contributed by atoms with Crippen molar-refractivity contribution >= 4 is 10.0 Å². The van der Waals surface area contributed by atoms with Gasteiger partial charge in [-0.15, -0.1) is 0 Å². The molecule has 1 aromatic carbocycles. The van der Waals surface area contributed by atoms with Crippen molar-refractivity contribution in [1.29, 1.82) is 0 Å². The highest BCUT2D eigenvalue weighted by Gasteiger charge is 2.35. The van der Waals surface area contributed by atoms with Gasteiger partial charge in [-0.05, 0) is 50.5 Å². The van der Waals surface area contributed by atoms with E-state index in [1.54, 1.807) is 6.92 Å². The lowest BCUT2D eigenvalue weighted by Crippen LogP contribution is -2.51. The summed E-state index contributed by atoms with van der Waals surface area (Å²) in [6.45, 7) is 3.95. The number of aryl methyl sites for hydroxylation is 1. The molecule has 20 heavy (non-hydrogen) atoms. The fraction of sp³-hybridized carbons (Fsp3) is 0.571. The van der Waals surface area contributed by atoms with E-state index in [9.17, 15) is 12.8 Å². The highest BCUT2D eigenvalue weighted by atomic mass is 32.2. The minimum Gasteiger partial charge on any atom is -0.326 e. The van der Waals surface area contributed by atoms with Gasteiger partial charge in [-0.25, -0.2) is 12.8 Å². The van der Waals surface area contributed by atoms with Gasteiger partial charge in [0.05, 0.1) is 4.90 Å².